The summed E-state index contributed by atoms with van der Waals surface area (Å²) in [5.41, 5.74) is 1.79. The van der Waals surface area contributed by atoms with Gasteiger partial charge in [-0.15, -0.1) is 0 Å². The van der Waals surface area contributed by atoms with Crippen LogP contribution < -0.4 is 4.74 Å². The van der Waals surface area contributed by atoms with Crippen molar-refractivity contribution in [2.24, 2.45) is 0 Å². The summed E-state index contributed by atoms with van der Waals surface area (Å²) in [6.45, 7) is 12.4. The molecule has 0 unspecified atom stereocenters. The van der Waals surface area contributed by atoms with Gasteiger partial charge in [-0.2, -0.15) is 0 Å². The van der Waals surface area contributed by atoms with E-state index in [4.69, 9.17) is 4.74 Å². The molecule has 1 aliphatic heterocycles. The fourth-order valence-corrected chi connectivity index (χ4v) is 4.34. The number of para-hydroxylation sites is 1. The van der Waals surface area contributed by atoms with Gasteiger partial charge in [0, 0.05) is 11.1 Å². The summed E-state index contributed by atoms with van der Waals surface area (Å²) in [6.07, 6.45) is 0. The van der Waals surface area contributed by atoms with E-state index in [0.717, 1.165) is 22.3 Å². The number of hydrogen-bond donors (Lipinski definition) is 1. The van der Waals surface area contributed by atoms with Crippen LogP contribution in [0.1, 0.15) is 74.2 Å². The maximum atomic E-state index is 13.9. The average Bonchev–Trinajstić information content (AvgIpc) is 3.01. The van der Waals surface area contributed by atoms with E-state index >= 15 is 0 Å². The molecule has 4 rings (SSSR count). The number of carbonyl (C=O) groups is 1. The third-order valence-corrected chi connectivity index (χ3v) is 6.03. The number of aromatic hydroxyl groups is 1. The van der Waals surface area contributed by atoms with Crippen molar-refractivity contribution in [3.8, 4) is 11.5 Å². The number of ether oxygens (including phenoxy) is 1. The summed E-state index contributed by atoms with van der Waals surface area (Å²) >= 11 is 0. The summed E-state index contributed by atoms with van der Waals surface area (Å²) in [6, 6.07) is 20.9. The number of hydrogen-bond acceptors (Lipinski definition) is 3. The van der Waals surface area contributed by atoms with Crippen LogP contribution in [0.5, 0.6) is 11.5 Å². The topological polar surface area (TPSA) is 46.5 Å². The lowest BCUT2D eigenvalue weighted by molar-refractivity contribution is 0.0685. The van der Waals surface area contributed by atoms with Crippen LogP contribution in [0.3, 0.4) is 0 Å². The SMILES string of the molecule is CC(C)(C)c1cc([C@]2(c3ccccc3)Oc3ccccc3C2=O)cc(C(C)(C)C)c1O. The molecule has 0 aliphatic carbocycles. The molecular weight excluding hydrogens is 384 g/mol. The van der Waals surface area contributed by atoms with E-state index in [1.807, 2.05) is 66.7 Å². The largest absolute Gasteiger partial charge is 0.507 e. The van der Waals surface area contributed by atoms with Crippen LogP contribution in [0.25, 0.3) is 0 Å². The molecule has 0 bridgehead atoms. The van der Waals surface area contributed by atoms with Crippen molar-refractivity contribution < 1.29 is 14.6 Å². The molecule has 31 heavy (non-hydrogen) atoms. The summed E-state index contributed by atoms with van der Waals surface area (Å²) in [7, 11) is 0. The van der Waals surface area contributed by atoms with Crippen molar-refractivity contribution >= 4 is 5.78 Å². The number of phenolic OH excluding ortho intramolecular Hbond substituents is 1. The third-order valence-electron chi connectivity index (χ3n) is 6.03. The quantitative estimate of drug-likeness (QED) is 0.520. The number of fused-ring (bicyclic) bond motifs is 1. The fourth-order valence-electron chi connectivity index (χ4n) is 4.34. The molecule has 0 spiro atoms. The van der Waals surface area contributed by atoms with Crippen molar-refractivity contribution in [1.82, 2.24) is 0 Å². The molecule has 3 aromatic carbocycles. The van der Waals surface area contributed by atoms with Gasteiger partial charge in [0.15, 0.2) is 0 Å². The minimum absolute atomic E-state index is 0.0836. The third kappa shape index (κ3) is 3.33. The molecule has 1 atom stereocenters. The molecule has 0 aromatic heterocycles. The number of rotatable bonds is 2. The van der Waals surface area contributed by atoms with Crippen molar-refractivity contribution in [2.45, 2.75) is 58.0 Å². The second-order valence-electron chi connectivity index (χ2n) is 10.4. The maximum absolute atomic E-state index is 13.9. The van der Waals surface area contributed by atoms with E-state index in [9.17, 15) is 9.90 Å². The summed E-state index contributed by atoms with van der Waals surface area (Å²) in [4.78, 5) is 13.9. The zero-order chi connectivity index (χ0) is 22.6. The van der Waals surface area contributed by atoms with Gasteiger partial charge in [0.05, 0.1) is 5.56 Å². The zero-order valence-electron chi connectivity index (χ0n) is 19.1. The van der Waals surface area contributed by atoms with Gasteiger partial charge in [-0.25, -0.2) is 0 Å². The van der Waals surface area contributed by atoms with Crippen LogP contribution in [-0.4, -0.2) is 10.9 Å². The van der Waals surface area contributed by atoms with E-state index < -0.39 is 5.60 Å². The predicted octanol–water partition coefficient (Wildman–Crippen LogP) is 6.51. The minimum atomic E-state index is -1.29. The highest BCUT2D eigenvalue weighted by Gasteiger charge is 2.51. The van der Waals surface area contributed by atoms with E-state index in [0.29, 0.717) is 11.3 Å². The van der Waals surface area contributed by atoms with Gasteiger partial charge in [-0.3, -0.25) is 4.79 Å². The molecule has 1 N–H and O–H groups in total. The van der Waals surface area contributed by atoms with Gasteiger partial charge in [0.25, 0.3) is 0 Å². The Morgan fingerprint density at radius 3 is 1.77 bits per heavy atom. The number of phenols is 1. The normalized spacial score (nSPS) is 18.6. The van der Waals surface area contributed by atoms with Gasteiger partial charge in [0.2, 0.25) is 11.4 Å². The van der Waals surface area contributed by atoms with Crippen LogP contribution in [0.4, 0.5) is 0 Å². The number of ketones is 1. The van der Waals surface area contributed by atoms with Gasteiger partial charge in [-0.1, -0.05) is 84.0 Å². The molecule has 0 saturated heterocycles. The Morgan fingerprint density at radius 1 is 0.742 bits per heavy atom. The van der Waals surface area contributed by atoms with Gasteiger partial charge < -0.3 is 9.84 Å². The monoisotopic (exact) mass is 414 g/mol. The zero-order valence-corrected chi connectivity index (χ0v) is 19.1. The number of carbonyl (C=O) groups excluding carboxylic acids is 1. The Labute approximate surface area is 184 Å². The van der Waals surface area contributed by atoms with Gasteiger partial charge >= 0.3 is 0 Å². The lowest BCUT2D eigenvalue weighted by Crippen LogP contribution is -2.39. The second-order valence-corrected chi connectivity index (χ2v) is 10.4. The lowest BCUT2D eigenvalue weighted by Gasteiger charge is -2.33. The first-order valence-electron chi connectivity index (χ1n) is 10.7. The molecule has 3 nitrogen and oxygen atoms in total. The van der Waals surface area contributed by atoms with E-state index in [1.54, 1.807) is 0 Å². The van der Waals surface area contributed by atoms with Crippen LogP contribution in [0, 0.1) is 0 Å². The summed E-state index contributed by atoms with van der Waals surface area (Å²) < 4.78 is 6.52. The first kappa shape index (κ1) is 21.2. The Bertz CT molecular complexity index is 1110. The first-order valence-corrected chi connectivity index (χ1v) is 10.7. The molecule has 1 aliphatic rings. The molecule has 0 radical (unpaired) electrons. The number of benzene rings is 3. The molecule has 1 heterocycles. The molecular formula is C28H30O3. The average molecular weight is 415 g/mol. The lowest BCUT2D eigenvalue weighted by atomic mass is 9.74. The molecule has 0 amide bonds. The Kier molecular flexibility index (Phi) is 4.77. The molecule has 0 saturated carbocycles. The highest BCUT2D eigenvalue weighted by atomic mass is 16.5. The van der Waals surface area contributed by atoms with Crippen molar-refractivity contribution in [3.63, 3.8) is 0 Å². The highest BCUT2D eigenvalue weighted by molar-refractivity contribution is 6.10. The van der Waals surface area contributed by atoms with Crippen LogP contribution >= 0.6 is 0 Å². The van der Waals surface area contributed by atoms with Gasteiger partial charge in [0.1, 0.15) is 11.5 Å². The highest BCUT2D eigenvalue weighted by Crippen LogP contribution is 2.49. The molecule has 0 fully saturated rings. The second kappa shape index (κ2) is 6.98. The smallest absolute Gasteiger partial charge is 0.221 e. The predicted molar refractivity (Wildman–Crippen MR) is 124 cm³/mol. The molecule has 3 heteroatoms. The molecule has 160 valence electrons. The van der Waals surface area contributed by atoms with E-state index in [2.05, 4.69) is 41.5 Å². The van der Waals surface area contributed by atoms with Crippen molar-refractivity contribution in [2.75, 3.05) is 0 Å². The Morgan fingerprint density at radius 2 is 1.26 bits per heavy atom. The number of Topliss-reactive ketones (excluding diaryl/α,β-unsaturated/α-hetero) is 1. The first-order chi connectivity index (χ1) is 14.5. The van der Waals surface area contributed by atoms with Crippen LogP contribution in [0.15, 0.2) is 66.7 Å². The van der Waals surface area contributed by atoms with Crippen LogP contribution in [-0.2, 0) is 16.4 Å². The summed E-state index contributed by atoms with van der Waals surface area (Å²) in [5.74, 6) is 0.786. The summed E-state index contributed by atoms with van der Waals surface area (Å²) in [5, 5.41) is 11.2. The van der Waals surface area contributed by atoms with Crippen molar-refractivity contribution in [3.05, 3.63) is 94.5 Å². The van der Waals surface area contributed by atoms with Gasteiger partial charge in [-0.05, 0) is 46.2 Å². The minimum Gasteiger partial charge on any atom is -0.507 e. The fraction of sp³-hybridized carbons (Fsp3) is 0.321. The van der Waals surface area contributed by atoms with Crippen molar-refractivity contribution in [1.29, 1.82) is 0 Å². The Hall–Kier alpha value is -3.07. The Balaban J connectivity index is 2.08. The van der Waals surface area contributed by atoms with E-state index in [-0.39, 0.29) is 22.4 Å². The maximum Gasteiger partial charge on any atom is 0.221 e. The standard InChI is InChI=1S/C28H30O3/c1-26(2,3)21-16-19(17-22(24(21)29)27(4,5)6)28(18-12-8-7-9-13-18)25(30)20-14-10-11-15-23(20)31-28/h7-17,29H,1-6H3/t28-/m0/s1. The van der Waals surface area contributed by atoms with Crippen LogP contribution in [0.2, 0.25) is 0 Å². The van der Waals surface area contributed by atoms with E-state index in [1.165, 1.54) is 0 Å². The molecule has 3 aromatic rings.